The first-order chi connectivity index (χ1) is 10.9. The van der Waals surface area contributed by atoms with Crippen LogP contribution in [0.3, 0.4) is 0 Å². The maximum Gasteiger partial charge on any atom is 0.305 e. The standard InChI is InChI=1S/C16H27O7/c1-9-13(18)14(19)15(20)16(22-9)23-11-6-4-3-5-10(11)7-8-12(17)21-2/h6,9-11,13-16,18-20H,3-5,7-8H2,1-2H3/t9-,10+,11+,13+,14+,15-,16-/m0/s1. The fraction of sp³-hybridized carbons (Fsp3) is 0.875. The summed E-state index contributed by atoms with van der Waals surface area (Å²) in [5, 5.41) is 29.6. The summed E-state index contributed by atoms with van der Waals surface area (Å²) >= 11 is 0. The molecule has 3 N–H and O–H groups in total. The van der Waals surface area contributed by atoms with E-state index in [4.69, 9.17) is 9.47 Å². The third-order valence-corrected chi connectivity index (χ3v) is 4.69. The molecule has 1 aliphatic carbocycles. The van der Waals surface area contributed by atoms with Crippen LogP contribution in [0, 0.1) is 12.3 Å². The fourth-order valence-corrected chi connectivity index (χ4v) is 3.18. The minimum absolute atomic E-state index is 0.137. The van der Waals surface area contributed by atoms with Gasteiger partial charge in [0.25, 0.3) is 0 Å². The van der Waals surface area contributed by atoms with Crippen molar-refractivity contribution in [2.45, 2.75) is 75.8 Å². The molecule has 0 unspecified atom stereocenters. The molecule has 7 nitrogen and oxygen atoms in total. The summed E-state index contributed by atoms with van der Waals surface area (Å²) in [6.45, 7) is 1.62. The summed E-state index contributed by atoms with van der Waals surface area (Å²) in [5.41, 5.74) is 0. The van der Waals surface area contributed by atoms with E-state index >= 15 is 0 Å². The van der Waals surface area contributed by atoms with Gasteiger partial charge in [-0.05, 0) is 38.5 Å². The lowest BCUT2D eigenvalue weighted by Gasteiger charge is -2.42. The van der Waals surface area contributed by atoms with E-state index in [9.17, 15) is 20.1 Å². The molecule has 2 rings (SSSR count). The summed E-state index contributed by atoms with van der Waals surface area (Å²) in [6, 6.07) is 0. The average molecular weight is 331 g/mol. The van der Waals surface area contributed by atoms with Gasteiger partial charge in [0.2, 0.25) is 0 Å². The zero-order valence-electron chi connectivity index (χ0n) is 13.6. The van der Waals surface area contributed by atoms with Crippen LogP contribution in [0.25, 0.3) is 0 Å². The first-order valence-corrected chi connectivity index (χ1v) is 8.19. The average Bonchev–Trinajstić information content (AvgIpc) is 2.56. The summed E-state index contributed by atoms with van der Waals surface area (Å²) < 4.78 is 16.0. The number of carbonyl (C=O) groups excluding carboxylic acids is 1. The first-order valence-electron chi connectivity index (χ1n) is 8.19. The van der Waals surface area contributed by atoms with Crippen LogP contribution in [0.15, 0.2) is 0 Å². The molecule has 0 bridgehead atoms. The summed E-state index contributed by atoms with van der Waals surface area (Å²) in [5.74, 6) is -0.117. The normalized spacial score (nSPS) is 41.5. The van der Waals surface area contributed by atoms with Crippen molar-refractivity contribution in [1.82, 2.24) is 0 Å². The zero-order valence-corrected chi connectivity index (χ0v) is 13.6. The highest BCUT2D eigenvalue weighted by molar-refractivity contribution is 5.69. The molecular weight excluding hydrogens is 304 g/mol. The van der Waals surface area contributed by atoms with E-state index in [-0.39, 0.29) is 18.0 Å². The maximum atomic E-state index is 11.3. The Bertz CT molecular complexity index is 389. The highest BCUT2D eigenvalue weighted by Gasteiger charge is 2.44. The molecule has 1 saturated carbocycles. The van der Waals surface area contributed by atoms with Crippen molar-refractivity contribution in [3.05, 3.63) is 6.42 Å². The van der Waals surface area contributed by atoms with Crippen molar-refractivity contribution in [2.75, 3.05) is 7.11 Å². The second kappa shape index (κ2) is 8.39. The molecule has 7 heteroatoms. The lowest BCUT2D eigenvalue weighted by Crippen LogP contribution is -2.58. The van der Waals surface area contributed by atoms with Crippen LogP contribution in [-0.4, -0.2) is 65.2 Å². The number of aliphatic hydroxyl groups excluding tert-OH is 3. The number of methoxy groups -OCH3 is 1. The zero-order chi connectivity index (χ0) is 17.0. The number of carbonyl (C=O) groups is 1. The number of ether oxygens (including phenoxy) is 3. The SMILES string of the molecule is COC(=O)CC[C@H]1CCC[CH][C@H]1O[C@@H]1O[C@@H](C)[C@@H](O)[C@@H](O)[C@@H]1O. The van der Waals surface area contributed by atoms with Gasteiger partial charge in [0, 0.05) is 6.42 Å². The molecule has 7 atom stereocenters. The van der Waals surface area contributed by atoms with E-state index in [0.29, 0.717) is 12.8 Å². The Kier molecular flexibility index (Phi) is 6.79. The van der Waals surface area contributed by atoms with Crippen LogP contribution in [0.2, 0.25) is 0 Å². The summed E-state index contributed by atoms with van der Waals surface area (Å²) in [7, 11) is 1.36. The molecule has 1 saturated heterocycles. The lowest BCUT2D eigenvalue weighted by atomic mass is 9.83. The predicted molar refractivity (Wildman–Crippen MR) is 80.1 cm³/mol. The summed E-state index contributed by atoms with van der Waals surface area (Å²) in [6.07, 6.45) is 0.166. The molecule has 1 radical (unpaired) electrons. The molecule has 0 spiro atoms. The Labute approximate surface area is 136 Å². The Balaban J connectivity index is 1.94. The number of aliphatic hydroxyl groups is 3. The Morgan fingerprint density at radius 2 is 2.00 bits per heavy atom. The lowest BCUT2D eigenvalue weighted by molar-refractivity contribution is -0.306. The van der Waals surface area contributed by atoms with Crippen LogP contribution in [-0.2, 0) is 19.0 Å². The van der Waals surface area contributed by atoms with Crippen LogP contribution in [0.4, 0.5) is 0 Å². The van der Waals surface area contributed by atoms with Crippen LogP contribution in [0.5, 0.6) is 0 Å². The molecule has 0 aromatic carbocycles. The second-order valence-corrected chi connectivity index (χ2v) is 6.32. The number of esters is 1. The molecule has 2 fully saturated rings. The number of rotatable bonds is 5. The largest absolute Gasteiger partial charge is 0.469 e. The molecule has 1 aliphatic heterocycles. The van der Waals surface area contributed by atoms with Crippen LogP contribution < -0.4 is 0 Å². The molecule has 0 aromatic rings. The van der Waals surface area contributed by atoms with Gasteiger partial charge in [-0.3, -0.25) is 4.79 Å². The Morgan fingerprint density at radius 1 is 1.26 bits per heavy atom. The van der Waals surface area contributed by atoms with Gasteiger partial charge in [-0.2, -0.15) is 0 Å². The van der Waals surface area contributed by atoms with Crippen molar-refractivity contribution in [3.8, 4) is 0 Å². The van der Waals surface area contributed by atoms with Gasteiger partial charge in [-0.1, -0.05) is 6.42 Å². The van der Waals surface area contributed by atoms with Crippen molar-refractivity contribution < 1.29 is 34.3 Å². The van der Waals surface area contributed by atoms with E-state index in [2.05, 4.69) is 4.74 Å². The van der Waals surface area contributed by atoms with E-state index in [1.54, 1.807) is 6.92 Å². The Hall–Kier alpha value is -0.730. The molecule has 23 heavy (non-hydrogen) atoms. The van der Waals surface area contributed by atoms with Crippen LogP contribution >= 0.6 is 0 Å². The minimum Gasteiger partial charge on any atom is -0.469 e. The maximum absolute atomic E-state index is 11.3. The predicted octanol–water partition coefficient (Wildman–Crippen LogP) is 0.157. The Morgan fingerprint density at radius 3 is 2.70 bits per heavy atom. The molecule has 2 aliphatic rings. The molecule has 133 valence electrons. The van der Waals surface area contributed by atoms with Gasteiger partial charge in [-0.15, -0.1) is 0 Å². The highest BCUT2D eigenvalue weighted by Crippen LogP contribution is 2.33. The van der Waals surface area contributed by atoms with Crippen molar-refractivity contribution in [1.29, 1.82) is 0 Å². The van der Waals surface area contributed by atoms with Gasteiger partial charge in [0.15, 0.2) is 6.29 Å². The fourth-order valence-electron chi connectivity index (χ4n) is 3.18. The van der Waals surface area contributed by atoms with E-state index in [1.165, 1.54) is 7.11 Å². The topological polar surface area (TPSA) is 105 Å². The van der Waals surface area contributed by atoms with E-state index in [1.807, 2.05) is 6.42 Å². The third kappa shape index (κ3) is 4.64. The molecule has 0 aromatic heterocycles. The first kappa shape index (κ1) is 18.6. The number of hydrogen-bond acceptors (Lipinski definition) is 7. The number of hydrogen-bond donors (Lipinski definition) is 3. The van der Waals surface area contributed by atoms with E-state index in [0.717, 1.165) is 19.3 Å². The minimum atomic E-state index is -1.31. The van der Waals surface area contributed by atoms with Gasteiger partial charge in [0.05, 0.1) is 19.3 Å². The third-order valence-electron chi connectivity index (χ3n) is 4.69. The smallest absolute Gasteiger partial charge is 0.305 e. The van der Waals surface area contributed by atoms with Crippen molar-refractivity contribution in [2.24, 2.45) is 5.92 Å². The quantitative estimate of drug-likeness (QED) is 0.616. The van der Waals surface area contributed by atoms with Gasteiger partial charge >= 0.3 is 5.97 Å². The summed E-state index contributed by atoms with van der Waals surface area (Å²) in [4.78, 5) is 11.3. The van der Waals surface area contributed by atoms with Crippen LogP contribution in [0.1, 0.15) is 39.0 Å². The van der Waals surface area contributed by atoms with E-state index < -0.39 is 30.7 Å². The highest BCUT2D eigenvalue weighted by atomic mass is 16.7. The monoisotopic (exact) mass is 331 g/mol. The van der Waals surface area contributed by atoms with Crippen molar-refractivity contribution >= 4 is 5.97 Å². The van der Waals surface area contributed by atoms with Crippen molar-refractivity contribution in [3.63, 3.8) is 0 Å². The molecule has 0 amide bonds. The molecular formula is C16H27O7. The molecule has 1 heterocycles. The van der Waals surface area contributed by atoms with Gasteiger partial charge < -0.3 is 29.5 Å². The van der Waals surface area contributed by atoms with Gasteiger partial charge in [-0.25, -0.2) is 0 Å². The second-order valence-electron chi connectivity index (χ2n) is 6.32. The van der Waals surface area contributed by atoms with Gasteiger partial charge in [0.1, 0.15) is 18.3 Å².